The number of aryl methyl sites for hydroxylation is 1. The van der Waals surface area contributed by atoms with E-state index >= 15 is 0 Å². The average Bonchev–Trinajstić information content (AvgIpc) is 2.72. The number of oxazole rings is 1. The van der Waals surface area contributed by atoms with E-state index in [1.807, 2.05) is 6.92 Å². The number of hydrogen-bond donors (Lipinski definition) is 1. The topological polar surface area (TPSA) is 72.2 Å². The van der Waals surface area contributed by atoms with Gasteiger partial charge in [0, 0.05) is 12.3 Å². The van der Waals surface area contributed by atoms with Crippen LogP contribution in [0.3, 0.4) is 0 Å². The fraction of sp³-hybridized carbons (Fsp3) is 0.750. The number of aromatic nitrogens is 1. The minimum atomic E-state index is -2.92. The highest BCUT2D eigenvalue weighted by atomic mass is 32.2. The van der Waals surface area contributed by atoms with Gasteiger partial charge >= 0.3 is 0 Å². The van der Waals surface area contributed by atoms with Crippen LogP contribution in [0.4, 0.5) is 0 Å². The summed E-state index contributed by atoms with van der Waals surface area (Å²) in [6.45, 7) is 2.42. The van der Waals surface area contributed by atoms with E-state index < -0.39 is 9.84 Å². The van der Waals surface area contributed by atoms with Crippen LogP contribution < -0.4 is 5.32 Å². The summed E-state index contributed by atoms with van der Waals surface area (Å²) in [6.07, 6.45) is 6.48. The van der Waals surface area contributed by atoms with Crippen LogP contribution in [0.2, 0.25) is 0 Å². The third-order valence-electron chi connectivity index (χ3n) is 3.44. The van der Waals surface area contributed by atoms with Gasteiger partial charge in [0.05, 0.1) is 18.0 Å². The van der Waals surface area contributed by atoms with Crippen molar-refractivity contribution in [2.75, 3.05) is 6.26 Å². The maximum atomic E-state index is 11.6. The van der Waals surface area contributed by atoms with Gasteiger partial charge < -0.3 is 9.73 Å². The minimum Gasteiger partial charge on any atom is -0.445 e. The number of rotatable bonds is 4. The van der Waals surface area contributed by atoms with Crippen molar-refractivity contribution in [1.82, 2.24) is 10.3 Å². The van der Waals surface area contributed by atoms with Gasteiger partial charge in [0.1, 0.15) is 15.6 Å². The SMILES string of the molecule is Cc1cnc(CNC2CCCC(S(C)(=O)=O)C2)o1. The molecule has 0 spiro atoms. The van der Waals surface area contributed by atoms with Crippen LogP contribution in [0.5, 0.6) is 0 Å². The predicted octanol–water partition coefficient (Wildman–Crippen LogP) is 1.43. The summed E-state index contributed by atoms with van der Waals surface area (Å²) < 4.78 is 28.5. The molecule has 1 aromatic heterocycles. The van der Waals surface area contributed by atoms with E-state index in [1.165, 1.54) is 6.26 Å². The smallest absolute Gasteiger partial charge is 0.208 e. The zero-order chi connectivity index (χ0) is 13.2. The zero-order valence-corrected chi connectivity index (χ0v) is 11.7. The zero-order valence-electron chi connectivity index (χ0n) is 10.8. The molecule has 18 heavy (non-hydrogen) atoms. The molecule has 2 unspecified atom stereocenters. The summed E-state index contributed by atoms with van der Waals surface area (Å²) in [5, 5.41) is 3.13. The number of hydrogen-bond acceptors (Lipinski definition) is 5. The fourth-order valence-corrected chi connectivity index (χ4v) is 3.61. The highest BCUT2D eigenvalue weighted by Gasteiger charge is 2.28. The monoisotopic (exact) mass is 272 g/mol. The van der Waals surface area contributed by atoms with Gasteiger partial charge in [-0.15, -0.1) is 0 Å². The van der Waals surface area contributed by atoms with E-state index in [9.17, 15) is 8.42 Å². The average molecular weight is 272 g/mol. The molecular formula is C12H20N2O3S. The Morgan fingerprint density at radius 2 is 2.28 bits per heavy atom. The third kappa shape index (κ3) is 3.55. The Labute approximate surface area is 108 Å². The molecule has 0 bridgehead atoms. The molecular weight excluding hydrogens is 252 g/mol. The molecule has 1 N–H and O–H groups in total. The molecule has 6 heteroatoms. The Morgan fingerprint density at radius 1 is 1.50 bits per heavy atom. The molecule has 0 aliphatic heterocycles. The fourth-order valence-electron chi connectivity index (χ4n) is 2.43. The van der Waals surface area contributed by atoms with Crippen LogP contribution in [0.25, 0.3) is 0 Å². The predicted molar refractivity (Wildman–Crippen MR) is 69.0 cm³/mol. The molecule has 0 saturated heterocycles. The second-order valence-electron chi connectivity index (χ2n) is 5.06. The van der Waals surface area contributed by atoms with Crippen molar-refractivity contribution in [2.45, 2.75) is 50.4 Å². The lowest BCUT2D eigenvalue weighted by Crippen LogP contribution is -2.38. The van der Waals surface area contributed by atoms with Gasteiger partial charge in [-0.05, 0) is 26.2 Å². The van der Waals surface area contributed by atoms with Gasteiger partial charge in [-0.2, -0.15) is 0 Å². The van der Waals surface area contributed by atoms with Crippen LogP contribution >= 0.6 is 0 Å². The molecule has 5 nitrogen and oxygen atoms in total. The van der Waals surface area contributed by atoms with Gasteiger partial charge in [0.25, 0.3) is 0 Å². The Kier molecular flexibility index (Phi) is 4.07. The van der Waals surface area contributed by atoms with Crippen LogP contribution in [0.15, 0.2) is 10.6 Å². The van der Waals surface area contributed by atoms with Crippen molar-refractivity contribution in [3.63, 3.8) is 0 Å². The van der Waals surface area contributed by atoms with Crippen LogP contribution in [-0.4, -0.2) is 30.9 Å². The summed E-state index contributed by atoms with van der Waals surface area (Å²) in [4.78, 5) is 4.12. The molecule has 1 heterocycles. The second-order valence-corrected chi connectivity index (χ2v) is 7.39. The van der Waals surface area contributed by atoms with Crippen LogP contribution in [-0.2, 0) is 16.4 Å². The first-order chi connectivity index (χ1) is 8.45. The summed E-state index contributed by atoms with van der Waals surface area (Å²) in [7, 11) is -2.92. The standard InChI is InChI=1S/C12H20N2O3S/c1-9-7-14-12(17-9)8-13-10-4-3-5-11(6-10)18(2,15)16/h7,10-11,13H,3-6,8H2,1-2H3. The van der Waals surface area contributed by atoms with Crippen molar-refractivity contribution in [2.24, 2.45) is 0 Å². The van der Waals surface area contributed by atoms with E-state index in [1.54, 1.807) is 6.20 Å². The second kappa shape index (κ2) is 5.40. The lowest BCUT2D eigenvalue weighted by atomic mass is 9.95. The first-order valence-electron chi connectivity index (χ1n) is 6.28. The van der Waals surface area contributed by atoms with Crippen molar-refractivity contribution in [1.29, 1.82) is 0 Å². The minimum absolute atomic E-state index is 0.199. The largest absolute Gasteiger partial charge is 0.445 e. The highest BCUT2D eigenvalue weighted by molar-refractivity contribution is 7.91. The molecule has 0 amide bonds. The van der Waals surface area contributed by atoms with Gasteiger partial charge in [-0.3, -0.25) is 0 Å². The summed E-state index contributed by atoms with van der Waals surface area (Å²) >= 11 is 0. The van der Waals surface area contributed by atoms with Crippen molar-refractivity contribution in [3.05, 3.63) is 17.8 Å². The summed E-state index contributed by atoms with van der Waals surface area (Å²) in [5.41, 5.74) is 0. The lowest BCUT2D eigenvalue weighted by molar-refractivity contribution is 0.350. The molecule has 2 atom stereocenters. The van der Waals surface area contributed by atoms with Crippen molar-refractivity contribution >= 4 is 9.84 Å². The van der Waals surface area contributed by atoms with Crippen molar-refractivity contribution < 1.29 is 12.8 Å². The Morgan fingerprint density at radius 3 is 2.89 bits per heavy atom. The number of nitrogens with one attached hydrogen (secondary N) is 1. The first kappa shape index (κ1) is 13.5. The molecule has 0 aromatic carbocycles. The van der Waals surface area contributed by atoms with E-state index in [4.69, 9.17) is 4.42 Å². The van der Waals surface area contributed by atoms with Gasteiger partial charge in [0.2, 0.25) is 5.89 Å². The van der Waals surface area contributed by atoms with Gasteiger partial charge in [0.15, 0.2) is 0 Å². The Bertz CT molecular complexity index is 495. The molecule has 1 aliphatic rings. The maximum absolute atomic E-state index is 11.6. The molecule has 1 aromatic rings. The van der Waals surface area contributed by atoms with Gasteiger partial charge in [-0.1, -0.05) is 6.42 Å². The Balaban J connectivity index is 1.86. The summed E-state index contributed by atoms with van der Waals surface area (Å²) in [5.74, 6) is 1.46. The van der Waals surface area contributed by atoms with Crippen LogP contribution in [0, 0.1) is 6.92 Å². The molecule has 1 saturated carbocycles. The van der Waals surface area contributed by atoms with Crippen LogP contribution in [0.1, 0.15) is 37.3 Å². The molecule has 102 valence electrons. The number of sulfone groups is 1. The van der Waals surface area contributed by atoms with Gasteiger partial charge in [-0.25, -0.2) is 13.4 Å². The highest BCUT2D eigenvalue weighted by Crippen LogP contribution is 2.24. The van der Waals surface area contributed by atoms with E-state index in [0.29, 0.717) is 18.9 Å². The van der Waals surface area contributed by atoms with E-state index in [2.05, 4.69) is 10.3 Å². The molecule has 1 fully saturated rings. The van der Waals surface area contributed by atoms with E-state index in [0.717, 1.165) is 25.0 Å². The van der Waals surface area contributed by atoms with Crippen molar-refractivity contribution in [3.8, 4) is 0 Å². The maximum Gasteiger partial charge on any atom is 0.208 e. The molecule has 1 aliphatic carbocycles. The quantitative estimate of drug-likeness (QED) is 0.897. The molecule has 2 rings (SSSR count). The molecule has 0 radical (unpaired) electrons. The Hall–Kier alpha value is -0.880. The normalized spacial score (nSPS) is 25.2. The summed E-state index contributed by atoms with van der Waals surface area (Å²) in [6, 6.07) is 0.241. The number of nitrogens with zero attached hydrogens (tertiary/aromatic N) is 1. The van der Waals surface area contributed by atoms with E-state index in [-0.39, 0.29) is 11.3 Å². The third-order valence-corrected chi connectivity index (χ3v) is 5.08. The lowest BCUT2D eigenvalue weighted by Gasteiger charge is -2.28. The first-order valence-corrected chi connectivity index (χ1v) is 8.24.